The lowest BCUT2D eigenvalue weighted by atomic mass is 10.2. The topological polar surface area (TPSA) is 105 Å². The first-order valence-corrected chi connectivity index (χ1v) is 4.57. The number of aromatic carboxylic acids is 1. The van der Waals surface area contributed by atoms with E-state index in [9.17, 15) is 9.59 Å². The number of ether oxygens (including phenoxy) is 1. The summed E-state index contributed by atoms with van der Waals surface area (Å²) in [7, 11) is 0. The first-order chi connectivity index (χ1) is 8.18. The molecule has 0 amide bonds. The van der Waals surface area contributed by atoms with E-state index in [1.165, 1.54) is 30.9 Å². The van der Waals surface area contributed by atoms with Gasteiger partial charge in [0.2, 0.25) is 0 Å². The van der Waals surface area contributed by atoms with Gasteiger partial charge in [0, 0.05) is 18.6 Å². The Balaban J connectivity index is 2.40. The molecule has 2 rings (SSSR count). The number of pyridine rings is 1. The first-order valence-electron chi connectivity index (χ1n) is 4.57. The molecule has 7 nitrogen and oxygen atoms in total. The van der Waals surface area contributed by atoms with Crippen LogP contribution >= 0.6 is 0 Å². The van der Waals surface area contributed by atoms with E-state index < -0.39 is 11.5 Å². The van der Waals surface area contributed by atoms with Crippen LogP contribution in [0.15, 0.2) is 35.6 Å². The number of aromatic nitrogens is 3. The zero-order valence-electron chi connectivity index (χ0n) is 8.45. The van der Waals surface area contributed by atoms with Crippen LogP contribution in [0.25, 0.3) is 0 Å². The summed E-state index contributed by atoms with van der Waals surface area (Å²) in [4.78, 5) is 31.9. The van der Waals surface area contributed by atoms with E-state index >= 15 is 0 Å². The third-order valence-electron chi connectivity index (χ3n) is 1.90. The van der Waals surface area contributed by atoms with Gasteiger partial charge in [0.25, 0.3) is 5.88 Å². The SMILES string of the molecule is O=C(O)c1ccncc1Oc1ncc[nH]c1=O. The van der Waals surface area contributed by atoms with Crippen LogP contribution in [0.1, 0.15) is 10.4 Å². The molecular formula is C10H7N3O4. The highest BCUT2D eigenvalue weighted by molar-refractivity contribution is 5.90. The molecule has 17 heavy (non-hydrogen) atoms. The standard InChI is InChI=1S/C10H7N3O4/c14-8-9(13-4-3-12-8)17-7-5-11-2-1-6(7)10(15)16/h1-5H,(H,12,14)(H,15,16). The molecule has 0 aliphatic carbocycles. The predicted octanol–water partition coefficient (Wildman–Crippen LogP) is 0.655. The number of carbonyl (C=O) groups is 1. The van der Waals surface area contributed by atoms with Crippen molar-refractivity contribution in [3.8, 4) is 11.6 Å². The molecule has 86 valence electrons. The Morgan fingerprint density at radius 2 is 2.24 bits per heavy atom. The molecule has 0 spiro atoms. The van der Waals surface area contributed by atoms with Gasteiger partial charge in [-0.25, -0.2) is 9.78 Å². The number of nitrogens with one attached hydrogen (secondary N) is 1. The Labute approximate surface area is 94.7 Å². The minimum absolute atomic E-state index is 0.0378. The van der Waals surface area contributed by atoms with E-state index in [4.69, 9.17) is 9.84 Å². The van der Waals surface area contributed by atoms with Gasteiger partial charge in [-0.15, -0.1) is 0 Å². The first kappa shape index (κ1) is 10.8. The molecule has 0 saturated carbocycles. The van der Waals surface area contributed by atoms with Gasteiger partial charge in [0.15, 0.2) is 5.75 Å². The van der Waals surface area contributed by atoms with Crippen LogP contribution in [-0.2, 0) is 0 Å². The van der Waals surface area contributed by atoms with Crippen molar-refractivity contribution in [3.05, 3.63) is 46.8 Å². The lowest BCUT2D eigenvalue weighted by Crippen LogP contribution is -2.11. The molecule has 0 bridgehead atoms. The number of H-pyrrole nitrogens is 1. The van der Waals surface area contributed by atoms with Crippen LogP contribution < -0.4 is 10.3 Å². The molecule has 2 aromatic heterocycles. The van der Waals surface area contributed by atoms with Gasteiger partial charge >= 0.3 is 11.5 Å². The van der Waals surface area contributed by atoms with Gasteiger partial charge in [0.1, 0.15) is 5.56 Å². The van der Waals surface area contributed by atoms with Crippen LogP contribution in [0, 0.1) is 0 Å². The van der Waals surface area contributed by atoms with Crippen LogP contribution in [0.3, 0.4) is 0 Å². The molecule has 0 radical (unpaired) electrons. The molecular weight excluding hydrogens is 226 g/mol. The second-order valence-corrected chi connectivity index (χ2v) is 3.00. The molecule has 2 aromatic rings. The Morgan fingerprint density at radius 1 is 1.41 bits per heavy atom. The van der Waals surface area contributed by atoms with Crippen molar-refractivity contribution < 1.29 is 14.6 Å². The Hall–Kier alpha value is -2.70. The minimum Gasteiger partial charge on any atom is -0.478 e. The predicted molar refractivity (Wildman–Crippen MR) is 56.1 cm³/mol. The van der Waals surface area contributed by atoms with E-state index in [-0.39, 0.29) is 17.2 Å². The highest BCUT2D eigenvalue weighted by atomic mass is 16.5. The summed E-state index contributed by atoms with van der Waals surface area (Å²) in [5.74, 6) is -1.44. The third-order valence-corrected chi connectivity index (χ3v) is 1.90. The molecule has 7 heteroatoms. The molecule has 0 saturated heterocycles. The monoisotopic (exact) mass is 233 g/mol. The fraction of sp³-hybridized carbons (Fsp3) is 0. The van der Waals surface area contributed by atoms with Gasteiger partial charge in [-0.05, 0) is 6.07 Å². The van der Waals surface area contributed by atoms with Crippen molar-refractivity contribution in [2.45, 2.75) is 0 Å². The number of aromatic amines is 1. The quantitative estimate of drug-likeness (QED) is 0.806. The Bertz CT molecular complexity index is 608. The van der Waals surface area contributed by atoms with Gasteiger partial charge < -0.3 is 14.8 Å². The molecule has 2 N–H and O–H groups in total. The Kier molecular flexibility index (Phi) is 2.82. The minimum atomic E-state index is -1.17. The van der Waals surface area contributed by atoms with Crippen molar-refractivity contribution in [3.63, 3.8) is 0 Å². The maximum atomic E-state index is 11.3. The number of hydrogen-bond acceptors (Lipinski definition) is 5. The fourth-order valence-electron chi connectivity index (χ4n) is 1.15. The summed E-state index contributed by atoms with van der Waals surface area (Å²) in [5, 5.41) is 8.90. The van der Waals surface area contributed by atoms with E-state index in [0.29, 0.717) is 0 Å². The zero-order chi connectivity index (χ0) is 12.3. The highest BCUT2D eigenvalue weighted by Crippen LogP contribution is 2.20. The average molecular weight is 233 g/mol. The van der Waals surface area contributed by atoms with Crippen molar-refractivity contribution in [1.29, 1.82) is 0 Å². The van der Waals surface area contributed by atoms with Crippen molar-refractivity contribution in [1.82, 2.24) is 15.0 Å². The summed E-state index contributed by atoms with van der Waals surface area (Å²) >= 11 is 0. The summed E-state index contributed by atoms with van der Waals surface area (Å²) in [6.07, 6.45) is 5.20. The number of nitrogens with zero attached hydrogens (tertiary/aromatic N) is 2. The molecule has 2 heterocycles. The molecule has 0 atom stereocenters. The summed E-state index contributed by atoms with van der Waals surface area (Å²) in [6.45, 7) is 0. The van der Waals surface area contributed by atoms with E-state index in [2.05, 4.69) is 15.0 Å². The molecule has 0 aromatic carbocycles. The van der Waals surface area contributed by atoms with Gasteiger partial charge in [-0.3, -0.25) is 9.78 Å². The lowest BCUT2D eigenvalue weighted by Gasteiger charge is -2.05. The average Bonchev–Trinajstić information content (AvgIpc) is 2.32. The Morgan fingerprint density at radius 3 is 2.94 bits per heavy atom. The summed E-state index contributed by atoms with van der Waals surface area (Å²) < 4.78 is 5.10. The largest absolute Gasteiger partial charge is 0.478 e. The van der Waals surface area contributed by atoms with Crippen LogP contribution in [-0.4, -0.2) is 26.0 Å². The number of carboxylic acids is 1. The van der Waals surface area contributed by atoms with Crippen molar-refractivity contribution in [2.75, 3.05) is 0 Å². The zero-order valence-corrected chi connectivity index (χ0v) is 8.45. The highest BCUT2D eigenvalue weighted by Gasteiger charge is 2.13. The molecule has 0 unspecified atom stereocenters. The van der Waals surface area contributed by atoms with Gasteiger partial charge in [0.05, 0.1) is 6.20 Å². The maximum Gasteiger partial charge on any atom is 0.339 e. The van der Waals surface area contributed by atoms with Crippen molar-refractivity contribution in [2.24, 2.45) is 0 Å². The summed E-state index contributed by atoms with van der Waals surface area (Å²) in [6, 6.07) is 1.27. The molecule has 0 fully saturated rings. The normalized spacial score (nSPS) is 9.88. The number of rotatable bonds is 3. The van der Waals surface area contributed by atoms with E-state index in [0.717, 1.165) is 0 Å². The summed E-state index contributed by atoms with van der Waals surface area (Å²) in [5.41, 5.74) is -0.641. The van der Waals surface area contributed by atoms with Gasteiger partial charge in [-0.2, -0.15) is 0 Å². The lowest BCUT2D eigenvalue weighted by molar-refractivity contribution is 0.0694. The van der Waals surface area contributed by atoms with E-state index in [1.54, 1.807) is 0 Å². The van der Waals surface area contributed by atoms with Crippen LogP contribution in [0.4, 0.5) is 0 Å². The van der Waals surface area contributed by atoms with Gasteiger partial charge in [-0.1, -0.05) is 0 Å². The van der Waals surface area contributed by atoms with Crippen LogP contribution in [0.5, 0.6) is 11.6 Å². The second kappa shape index (κ2) is 4.44. The molecule has 0 aliphatic rings. The number of hydrogen-bond donors (Lipinski definition) is 2. The van der Waals surface area contributed by atoms with Crippen LogP contribution in [0.2, 0.25) is 0 Å². The number of carboxylic acid groups (broad SMARTS) is 1. The van der Waals surface area contributed by atoms with Crippen molar-refractivity contribution >= 4 is 5.97 Å². The second-order valence-electron chi connectivity index (χ2n) is 3.00. The smallest absolute Gasteiger partial charge is 0.339 e. The molecule has 0 aliphatic heterocycles. The maximum absolute atomic E-state index is 11.3. The van der Waals surface area contributed by atoms with E-state index in [1.807, 2.05) is 0 Å². The third kappa shape index (κ3) is 2.28. The fourth-order valence-corrected chi connectivity index (χ4v) is 1.15.